The van der Waals surface area contributed by atoms with Crippen LogP contribution in [0.4, 0.5) is 0 Å². The molecule has 14 heavy (non-hydrogen) atoms. The van der Waals surface area contributed by atoms with E-state index in [1.54, 1.807) is 0 Å². The average molecular weight is 193 g/mol. The Kier molecular flexibility index (Phi) is 4.75. The number of ether oxygens (including phenoxy) is 1. The summed E-state index contributed by atoms with van der Waals surface area (Å²) in [6.07, 6.45) is 3.71. The highest BCUT2D eigenvalue weighted by molar-refractivity contribution is 5.28. The van der Waals surface area contributed by atoms with E-state index in [4.69, 9.17) is 15.6 Å². The Morgan fingerprint density at radius 2 is 2.21 bits per heavy atom. The molecule has 0 radical (unpaired) electrons. The maximum absolute atomic E-state index is 8.89. The lowest BCUT2D eigenvalue weighted by atomic mass is 10.2. The first kappa shape index (κ1) is 10.8. The Morgan fingerprint density at radius 3 is 2.93 bits per heavy atom. The minimum Gasteiger partial charge on any atom is -0.490 e. The van der Waals surface area contributed by atoms with Gasteiger partial charge >= 0.3 is 0 Å². The fourth-order valence-electron chi connectivity index (χ4n) is 1.04. The van der Waals surface area contributed by atoms with Crippen LogP contribution < -0.4 is 10.5 Å². The predicted molar refractivity (Wildman–Crippen MR) is 56.1 cm³/mol. The van der Waals surface area contributed by atoms with Crippen molar-refractivity contribution in [3.8, 4) is 5.75 Å². The predicted octanol–water partition coefficient (Wildman–Crippen LogP) is 1.07. The standard InChI is InChI=1S/C11H15NO2/c12-6-1-2-7-14-11-5-3-4-10(8-11)9-13/h1-5,8,13H,6-7,9,12H2. The molecule has 76 valence electrons. The topological polar surface area (TPSA) is 55.5 Å². The summed E-state index contributed by atoms with van der Waals surface area (Å²) in [7, 11) is 0. The summed E-state index contributed by atoms with van der Waals surface area (Å²) in [5, 5.41) is 8.89. The number of aliphatic hydroxyl groups is 1. The van der Waals surface area contributed by atoms with Gasteiger partial charge in [0.15, 0.2) is 0 Å². The molecule has 1 rings (SSSR count). The summed E-state index contributed by atoms with van der Waals surface area (Å²) in [6, 6.07) is 7.38. The third kappa shape index (κ3) is 3.60. The molecule has 3 heteroatoms. The van der Waals surface area contributed by atoms with Crippen molar-refractivity contribution in [3.63, 3.8) is 0 Å². The van der Waals surface area contributed by atoms with Crippen molar-refractivity contribution in [2.75, 3.05) is 13.2 Å². The van der Waals surface area contributed by atoms with Gasteiger partial charge in [-0.2, -0.15) is 0 Å². The molecule has 0 aliphatic heterocycles. The van der Waals surface area contributed by atoms with Crippen LogP contribution >= 0.6 is 0 Å². The number of hydrogen-bond donors (Lipinski definition) is 2. The van der Waals surface area contributed by atoms with Crippen LogP contribution in [-0.4, -0.2) is 18.3 Å². The van der Waals surface area contributed by atoms with Gasteiger partial charge in [-0.25, -0.2) is 0 Å². The molecule has 0 amide bonds. The van der Waals surface area contributed by atoms with Crippen LogP contribution in [0.5, 0.6) is 5.75 Å². The van der Waals surface area contributed by atoms with Crippen LogP contribution in [0.3, 0.4) is 0 Å². The fourth-order valence-corrected chi connectivity index (χ4v) is 1.04. The molecule has 0 spiro atoms. The Morgan fingerprint density at radius 1 is 1.36 bits per heavy atom. The highest BCUT2D eigenvalue weighted by atomic mass is 16.5. The van der Waals surface area contributed by atoms with Crippen molar-refractivity contribution in [1.29, 1.82) is 0 Å². The highest BCUT2D eigenvalue weighted by Crippen LogP contribution is 2.12. The molecule has 3 N–H and O–H groups in total. The second-order valence-corrected chi connectivity index (χ2v) is 2.82. The molecule has 0 aromatic heterocycles. The second-order valence-electron chi connectivity index (χ2n) is 2.82. The molecule has 0 saturated carbocycles. The van der Waals surface area contributed by atoms with E-state index in [2.05, 4.69) is 0 Å². The monoisotopic (exact) mass is 193 g/mol. The molecule has 0 aliphatic rings. The van der Waals surface area contributed by atoms with E-state index < -0.39 is 0 Å². The van der Waals surface area contributed by atoms with Crippen LogP contribution in [0.2, 0.25) is 0 Å². The van der Waals surface area contributed by atoms with Gasteiger partial charge in [0, 0.05) is 6.54 Å². The highest BCUT2D eigenvalue weighted by Gasteiger charge is 1.93. The number of hydrogen-bond acceptors (Lipinski definition) is 3. The van der Waals surface area contributed by atoms with Crippen LogP contribution in [0, 0.1) is 0 Å². The Labute approximate surface area is 83.8 Å². The third-order valence-corrected chi connectivity index (χ3v) is 1.73. The van der Waals surface area contributed by atoms with Gasteiger partial charge in [0.05, 0.1) is 6.61 Å². The Hall–Kier alpha value is -1.32. The zero-order chi connectivity index (χ0) is 10.2. The first-order chi connectivity index (χ1) is 6.86. The number of benzene rings is 1. The Bertz CT molecular complexity index is 297. The quantitative estimate of drug-likeness (QED) is 0.688. The van der Waals surface area contributed by atoms with E-state index in [0.717, 1.165) is 11.3 Å². The summed E-state index contributed by atoms with van der Waals surface area (Å²) >= 11 is 0. The van der Waals surface area contributed by atoms with E-state index in [1.165, 1.54) is 0 Å². The first-order valence-corrected chi connectivity index (χ1v) is 4.54. The lowest BCUT2D eigenvalue weighted by molar-refractivity contribution is 0.280. The van der Waals surface area contributed by atoms with E-state index in [9.17, 15) is 0 Å². The van der Waals surface area contributed by atoms with Gasteiger partial charge in [0.25, 0.3) is 0 Å². The van der Waals surface area contributed by atoms with E-state index in [0.29, 0.717) is 13.2 Å². The summed E-state index contributed by atoms with van der Waals surface area (Å²) in [5.74, 6) is 0.762. The van der Waals surface area contributed by atoms with Crippen LogP contribution in [-0.2, 0) is 6.61 Å². The number of rotatable bonds is 5. The molecule has 0 aliphatic carbocycles. The molecular formula is C11H15NO2. The summed E-state index contributed by atoms with van der Waals surface area (Å²) in [6.45, 7) is 1.07. The maximum atomic E-state index is 8.89. The van der Waals surface area contributed by atoms with Gasteiger partial charge in [-0.1, -0.05) is 24.3 Å². The zero-order valence-electron chi connectivity index (χ0n) is 8.02. The molecule has 0 atom stereocenters. The SMILES string of the molecule is NCC=CCOc1cccc(CO)c1. The largest absolute Gasteiger partial charge is 0.490 e. The van der Waals surface area contributed by atoms with Crippen LogP contribution in [0.15, 0.2) is 36.4 Å². The Balaban J connectivity index is 2.46. The van der Waals surface area contributed by atoms with Gasteiger partial charge < -0.3 is 15.6 Å². The average Bonchev–Trinajstić information content (AvgIpc) is 2.25. The lowest BCUT2D eigenvalue weighted by Gasteiger charge is -2.04. The maximum Gasteiger partial charge on any atom is 0.120 e. The van der Waals surface area contributed by atoms with E-state index in [1.807, 2.05) is 36.4 Å². The van der Waals surface area contributed by atoms with Gasteiger partial charge in [-0.15, -0.1) is 0 Å². The van der Waals surface area contributed by atoms with Crippen molar-refractivity contribution >= 4 is 0 Å². The molecule has 0 heterocycles. The minimum atomic E-state index is 0.0375. The molecule has 0 saturated heterocycles. The van der Waals surface area contributed by atoms with E-state index >= 15 is 0 Å². The summed E-state index contributed by atoms with van der Waals surface area (Å²) < 4.78 is 5.40. The molecular weight excluding hydrogens is 178 g/mol. The van der Waals surface area contributed by atoms with Crippen molar-refractivity contribution in [2.45, 2.75) is 6.61 Å². The van der Waals surface area contributed by atoms with Gasteiger partial charge in [-0.05, 0) is 17.7 Å². The molecule has 1 aromatic rings. The summed E-state index contributed by atoms with van der Waals surface area (Å²) in [5.41, 5.74) is 6.13. The molecule has 3 nitrogen and oxygen atoms in total. The van der Waals surface area contributed by atoms with Crippen molar-refractivity contribution in [1.82, 2.24) is 0 Å². The molecule has 0 fully saturated rings. The number of nitrogens with two attached hydrogens (primary N) is 1. The zero-order valence-corrected chi connectivity index (χ0v) is 8.02. The van der Waals surface area contributed by atoms with Crippen molar-refractivity contribution in [2.24, 2.45) is 5.73 Å². The third-order valence-electron chi connectivity index (χ3n) is 1.73. The first-order valence-electron chi connectivity index (χ1n) is 4.54. The lowest BCUT2D eigenvalue weighted by Crippen LogP contribution is -1.97. The smallest absolute Gasteiger partial charge is 0.120 e. The molecule has 1 aromatic carbocycles. The van der Waals surface area contributed by atoms with Gasteiger partial charge in [0.1, 0.15) is 12.4 Å². The van der Waals surface area contributed by atoms with Gasteiger partial charge in [0.2, 0.25) is 0 Å². The van der Waals surface area contributed by atoms with Crippen molar-refractivity contribution in [3.05, 3.63) is 42.0 Å². The molecule has 0 unspecified atom stereocenters. The number of aliphatic hydroxyl groups excluding tert-OH is 1. The van der Waals surface area contributed by atoms with Crippen LogP contribution in [0.25, 0.3) is 0 Å². The normalized spacial score (nSPS) is 10.7. The van der Waals surface area contributed by atoms with E-state index in [-0.39, 0.29) is 6.61 Å². The van der Waals surface area contributed by atoms with Crippen LogP contribution in [0.1, 0.15) is 5.56 Å². The summed E-state index contributed by atoms with van der Waals surface area (Å²) in [4.78, 5) is 0. The fraction of sp³-hybridized carbons (Fsp3) is 0.273. The van der Waals surface area contributed by atoms with Crippen molar-refractivity contribution < 1.29 is 9.84 Å². The molecule has 0 bridgehead atoms. The minimum absolute atomic E-state index is 0.0375. The second kappa shape index (κ2) is 6.18. The van der Waals surface area contributed by atoms with Gasteiger partial charge in [-0.3, -0.25) is 0 Å².